The summed E-state index contributed by atoms with van der Waals surface area (Å²) in [6, 6.07) is 14.4. The van der Waals surface area contributed by atoms with Crippen molar-refractivity contribution in [1.82, 2.24) is 4.98 Å². The van der Waals surface area contributed by atoms with Crippen LogP contribution < -0.4 is 0 Å². The van der Waals surface area contributed by atoms with Gasteiger partial charge in [0.05, 0.1) is 5.69 Å². The lowest BCUT2D eigenvalue weighted by molar-refractivity contribution is 0.975. The highest BCUT2D eigenvalue weighted by Crippen LogP contribution is 2.32. The first-order valence-electron chi connectivity index (χ1n) is 6.51. The Bertz CT molecular complexity index is 649. The molecule has 2 heterocycles. The van der Waals surface area contributed by atoms with Crippen LogP contribution in [0.2, 0.25) is 0 Å². The fourth-order valence-corrected chi connectivity index (χ4v) is 3.56. The highest BCUT2D eigenvalue weighted by Gasteiger charge is 2.13. The van der Waals surface area contributed by atoms with E-state index in [-0.39, 0.29) is 0 Å². The molecule has 0 aliphatic carbocycles. The molecule has 1 aromatic carbocycles. The highest BCUT2D eigenvalue weighted by molar-refractivity contribution is 9.10. The van der Waals surface area contributed by atoms with Gasteiger partial charge in [-0.1, -0.05) is 52.3 Å². The third-order valence-corrected chi connectivity index (χ3v) is 4.81. The first-order valence-corrected chi connectivity index (χ1v) is 8.35. The van der Waals surface area contributed by atoms with Crippen molar-refractivity contribution in [2.75, 3.05) is 5.75 Å². The summed E-state index contributed by atoms with van der Waals surface area (Å²) < 4.78 is 1.10. The Hall–Kier alpha value is -1.32. The van der Waals surface area contributed by atoms with Gasteiger partial charge < -0.3 is 0 Å². The predicted octanol–water partition coefficient (Wildman–Crippen LogP) is 5.15. The molecule has 2 aromatic rings. The van der Waals surface area contributed by atoms with Crippen LogP contribution in [0.5, 0.6) is 0 Å². The summed E-state index contributed by atoms with van der Waals surface area (Å²) in [6.45, 7) is 0. The average molecular weight is 344 g/mol. The number of rotatable bonds is 3. The van der Waals surface area contributed by atoms with E-state index in [1.54, 1.807) is 0 Å². The quantitative estimate of drug-likeness (QED) is 0.763. The van der Waals surface area contributed by atoms with E-state index < -0.39 is 0 Å². The van der Waals surface area contributed by atoms with Crippen molar-refractivity contribution in [2.24, 2.45) is 5.92 Å². The van der Waals surface area contributed by atoms with Crippen LogP contribution in [-0.4, -0.2) is 10.7 Å². The number of halogens is 1. The van der Waals surface area contributed by atoms with Gasteiger partial charge in [0.15, 0.2) is 0 Å². The number of benzene rings is 1. The van der Waals surface area contributed by atoms with Crippen molar-refractivity contribution < 1.29 is 0 Å². The molecule has 1 atom stereocenters. The smallest absolute Gasteiger partial charge is 0.0705 e. The first kappa shape index (κ1) is 13.7. The number of allylic oxidation sites excluding steroid dienone is 2. The topological polar surface area (TPSA) is 12.9 Å². The minimum atomic E-state index is 0.476. The summed E-state index contributed by atoms with van der Waals surface area (Å²) in [5, 5.41) is 2.18. The zero-order chi connectivity index (χ0) is 13.8. The molecular formula is C17H14BrNS. The lowest BCUT2D eigenvalue weighted by Gasteiger charge is -2.11. The number of hydrogen-bond acceptors (Lipinski definition) is 2. The Balaban J connectivity index is 2.09. The highest BCUT2D eigenvalue weighted by atomic mass is 79.9. The number of nitrogens with zero attached hydrogens (tertiary/aromatic N) is 1. The maximum absolute atomic E-state index is 4.52. The molecule has 1 aliphatic heterocycles. The van der Waals surface area contributed by atoms with E-state index in [0.29, 0.717) is 5.92 Å². The molecule has 0 spiro atoms. The van der Waals surface area contributed by atoms with E-state index in [9.17, 15) is 0 Å². The molecule has 3 heteroatoms. The summed E-state index contributed by atoms with van der Waals surface area (Å²) in [7, 11) is 0. The Labute approximate surface area is 132 Å². The molecule has 1 nitrogen and oxygen atoms in total. The fourth-order valence-electron chi connectivity index (χ4n) is 2.21. The van der Waals surface area contributed by atoms with Gasteiger partial charge in [0.25, 0.3) is 0 Å². The molecule has 0 saturated heterocycles. The molecule has 0 radical (unpaired) electrons. The molecule has 100 valence electrons. The van der Waals surface area contributed by atoms with Gasteiger partial charge >= 0.3 is 0 Å². The number of aromatic nitrogens is 1. The van der Waals surface area contributed by atoms with Gasteiger partial charge in [-0.05, 0) is 29.2 Å². The maximum Gasteiger partial charge on any atom is 0.0705 e. The van der Waals surface area contributed by atoms with Gasteiger partial charge in [0, 0.05) is 27.9 Å². The molecule has 0 amide bonds. The molecule has 20 heavy (non-hydrogen) atoms. The zero-order valence-corrected chi connectivity index (χ0v) is 13.3. The lowest BCUT2D eigenvalue weighted by atomic mass is 9.97. The van der Waals surface area contributed by atoms with Crippen molar-refractivity contribution in [3.05, 3.63) is 82.0 Å². The molecule has 3 rings (SSSR count). The van der Waals surface area contributed by atoms with E-state index in [1.807, 2.05) is 36.2 Å². The summed E-state index contributed by atoms with van der Waals surface area (Å²) in [5.74, 6) is 1.59. The number of thioether (sulfide) groups is 1. The largest absolute Gasteiger partial charge is 0.256 e. The van der Waals surface area contributed by atoms with Crippen LogP contribution in [0.4, 0.5) is 0 Å². The number of hydrogen-bond donors (Lipinski definition) is 0. The van der Waals surface area contributed by atoms with E-state index in [2.05, 4.69) is 62.7 Å². The van der Waals surface area contributed by atoms with Gasteiger partial charge in [0.1, 0.15) is 0 Å². The Kier molecular flexibility index (Phi) is 4.38. The Morgan fingerprint density at radius 2 is 2.05 bits per heavy atom. The summed E-state index contributed by atoms with van der Waals surface area (Å²) in [5.41, 5.74) is 3.40. The summed E-state index contributed by atoms with van der Waals surface area (Å²) in [6.07, 6.45) is 6.42. The van der Waals surface area contributed by atoms with Crippen LogP contribution in [0.1, 0.15) is 11.3 Å². The molecule has 1 unspecified atom stereocenters. The molecular weight excluding hydrogens is 330 g/mol. The van der Waals surface area contributed by atoms with E-state index in [1.165, 1.54) is 11.1 Å². The molecule has 0 N–H and O–H groups in total. The van der Waals surface area contributed by atoms with Gasteiger partial charge in [-0.3, -0.25) is 4.98 Å². The minimum absolute atomic E-state index is 0.476. The Morgan fingerprint density at radius 3 is 2.75 bits per heavy atom. The zero-order valence-electron chi connectivity index (χ0n) is 10.9. The van der Waals surface area contributed by atoms with Crippen LogP contribution in [0.25, 0.3) is 5.57 Å². The predicted molar refractivity (Wildman–Crippen MR) is 90.5 cm³/mol. The van der Waals surface area contributed by atoms with Crippen LogP contribution >= 0.6 is 27.7 Å². The normalized spacial score (nSPS) is 18.4. The van der Waals surface area contributed by atoms with E-state index in [4.69, 9.17) is 0 Å². The van der Waals surface area contributed by atoms with Gasteiger partial charge in [-0.25, -0.2) is 0 Å². The Morgan fingerprint density at radius 1 is 1.20 bits per heavy atom. The molecule has 1 aliphatic rings. The fraction of sp³-hybridized carbons (Fsp3) is 0.118. The van der Waals surface area contributed by atoms with Crippen molar-refractivity contribution in [1.29, 1.82) is 0 Å². The molecule has 0 bridgehead atoms. The van der Waals surface area contributed by atoms with Crippen molar-refractivity contribution in [3.63, 3.8) is 0 Å². The molecule has 0 saturated carbocycles. The standard InChI is InChI=1S/C17H14BrNS/c18-16-6-2-1-5-14(16)15(11-13-8-10-20-12-13)17-7-3-4-9-19-17/h1-11,13H,12H2. The van der Waals surface area contributed by atoms with Crippen molar-refractivity contribution in [3.8, 4) is 0 Å². The monoisotopic (exact) mass is 343 g/mol. The molecule has 1 aromatic heterocycles. The van der Waals surface area contributed by atoms with E-state index >= 15 is 0 Å². The maximum atomic E-state index is 4.52. The lowest BCUT2D eigenvalue weighted by Crippen LogP contribution is -1.98. The van der Waals surface area contributed by atoms with Crippen molar-refractivity contribution >= 4 is 33.3 Å². The van der Waals surface area contributed by atoms with Crippen LogP contribution in [0.15, 0.2) is 70.7 Å². The van der Waals surface area contributed by atoms with Crippen molar-refractivity contribution in [2.45, 2.75) is 0 Å². The second kappa shape index (κ2) is 6.42. The SMILES string of the molecule is Brc1ccccc1C(=CC1C=CSC1)c1ccccn1. The van der Waals surface area contributed by atoms with Crippen LogP contribution in [0, 0.1) is 5.92 Å². The average Bonchev–Trinajstić information content (AvgIpc) is 3.00. The van der Waals surface area contributed by atoms with Crippen LogP contribution in [0.3, 0.4) is 0 Å². The second-order valence-corrected chi connectivity index (χ2v) is 6.39. The van der Waals surface area contributed by atoms with Gasteiger partial charge in [-0.15, -0.1) is 11.8 Å². The van der Waals surface area contributed by atoms with Gasteiger partial charge in [0.2, 0.25) is 0 Å². The third kappa shape index (κ3) is 3.05. The summed E-state index contributed by atoms with van der Waals surface area (Å²) >= 11 is 5.51. The second-order valence-electron chi connectivity index (χ2n) is 4.60. The minimum Gasteiger partial charge on any atom is -0.256 e. The summed E-state index contributed by atoms with van der Waals surface area (Å²) in [4.78, 5) is 4.52. The molecule has 0 fully saturated rings. The third-order valence-electron chi connectivity index (χ3n) is 3.20. The number of pyridine rings is 1. The first-order chi connectivity index (χ1) is 9.84. The van der Waals surface area contributed by atoms with Crippen LogP contribution in [-0.2, 0) is 0 Å². The van der Waals surface area contributed by atoms with E-state index in [0.717, 1.165) is 15.9 Å². The van der Waals surface area contributed by atoms with Gasteiger partial charge in [-0.2, -0.15) is 0 Å².